The first kappa shape index (κ1) is 25.7. The van der Waals surface area contributed by atoms with Crippen molar-refractivity contribution in [3.63, 3.8) is 0 Å². The molecule has 0 spiro atoms. The number of hydrogen-bond acceptors (Lipinski definition) is 9. The molecule has 0 radical (unpaired) electrons. The second kappa shape index (κ2) is 12.0. The Morgan fingerprint density at radius 3 is 2.94 bits per heavy atom. The molecule has 0 unspecified atom stereocenters. The normalized spacial score (nSPS) is 23.1. The second-order valence-electron chi connectivity index (χ2n) is 9.27. The number of benzene rings is 1. The molecule has 1 aromatic carbocycles. The number of aryl methyl sites for hydroxylation is 1. The van der Waals surface area contributed by atoms with Crippen LogP contribution in [0.25, 0.3) is 0 Å². The van der Waals surface area contributed by atoms with Crippen molar-refractivity contribution in [3.8, 4) is 11.5 Å². The largest absolute Gasteiger partial charge is 0.464 e. The van der Waals surface area contributed by atoms with Gasteiger partial charge in [-0.05, 0) is 31.4 Å². The average Bonchev–Trinajstić information content (AvgIpc) is 3.52. The van der Waals surface area contributed by atoms with Gasteiger partial charge in [0.1, 0.15) is 12.3 Å². The summed E-state index contributed by atoms with van der Waals surface area (Å²) in [5.74, 6) is 1.08. The fourth-order valence-corrected chi connectivity index (χ4v) is 3.90. The van der Waals surface area contributed by atoms with E-state index in [1.807, 2.05) is 13.1 Å². The molecule has 2 amide bonds. The van der Waals surface area contributed by atoms with Gasteiger partial charge in [-0.15, -0.1) is 5.10 Å². The topological polar surface area (TPSA) is 129 Å². The monoisotopic (exact) mass is 502 g/mol. The molecule has 2 bridgehead atoms. The maximum atomic E-state index is 12.9. The Bertz CT molecular complexity index is 1050. The number of nitrogens with zero attached hydrogens (tertiary/aromatic N) is 4. The number of urea groups is 1. The Morgan fingerprint density at radius 1 is 1.25 bits per heavy atom. The zero-order valence-electron chi connectivity index (χ0n) is 20.9. The predicted molar refractivity (Wildman–Crippen MR) is 130 cm³/mol. The summed E-state index contributed by atoms with van der Waals surface area (Å²) in [6.07, 6.45) is 2.48. The van der Waals surface area contributed by atoms with Crippen LogP contribution >= 0.6 is 0 Å². The number of carbonyl (C=O) groups excluding carboxylic acids is 2. The van der Waals surface area contributed by atoms with Gasteiger partial charge in [-0.2, -0.15) is 0 Å². The number of cyclic esters (lactones) is 1. The smallest absolute Gasteiger partial charge is 0.321 e. The van der Waals surface area contributed by atoms with Gasteiger partial charge in [-0.25, -0.2) is 4.79 Å². The number of anilines is 1. The molecule has 2 N–H and O–H groups in total. The molecular formula is C24H34N6O6. The molecule has 4 rings (SSSR count). The van der Waals surface area contributed by atoms with Crippen LogP contribution < -0.4 is 20.1 Å². The van der Waals surface area contributed by atoms with Crippen LogP contribution in [0.3, 0.4) is 0 Å². The van der Waals surface area contributed by atoms with Crippen LogP contribution in [0.1, 0.15) is 32.4 Å². The summed E-state index contributed by atoms with van der Waals surface area (Å²) >= 11 is 0. The maximum Gasteiger partial charge on any atom is 0.321 e. The van der Waals surface area contributed by atoms with Crippen molar-refractivity contribution in [1.29, 1.82) is 0 Å². The van der Waals surface area contributed by atoms with Gasteiger partial charge < -0.3 is 34.5 Å². The van der Waals surface area contributed by atoms with Crippen molar-refractivity contribution < 1.29 is 28.5 Å². The molecule has 0 aliphatic carbocycles. The molecular weight excluding hydrogens is 468 g/mol. The summed E-state index contributed by atoms with van der Waals surface area (Å²) in [5.41, 5.74) is 1.31. The minimum Gasteiger partial charge on any atom is -0.464 e. The number of esters is 1. The van der Waals surface area contributed by atoms with E-state index in [0.717, 1.165) is 0 Å². The summed E-state index contributed by atoms with van der Waals surface area (Å²) in [5, 5.41) is 14.6. The third-order valence-electron chi connectivity index (χ3n) is 6.14. The van der Waals surface area contributed by atoms with E-state index in [9.17, 15) is 9.59 Å². The summed E-state index contributed by atoms with van der Waals surface area (Å²) in [6, 6.07) is 5.00. The van der Waals surface area contributed by atoms with Crippen LogP contribution in [0, 0.1) is 5.92 Å². The fourth-order valence-electron chi connectivity index (χ4n) is 3.90. The zero-order valence-corrected chi connectivity index (χ0v) is 20.9. The fraction of sp³-hybridized carbons (Fsp3) is 0.583. The summed E-state index contributed by atoms with van der Waals surface area (Å²) in [6.45, 7) is 6.31. The van der Waals surface area contributed by atoms with Crippen LogP contribution in [0.15, 0.2) is 24.4 Å². The van der Waals surface area contributed by atoms with Crippen LogP contribution in [0.4, 0.5) is 10.5 Å². The third kappa shape index (κ3) is 7.08. The number of rotatable bonds is 3. The first-order chi connectivity index (χ1) is 17.4. The summed E-state index contributed by atoms with van der Waals surface area (Å²) in [7, 11) is 1.73. The molecule has 36 heavy (non-hydrogen) atoms. The van der Waals surface area contributed by atoms with Gasteiger partial charge >= 0.3 is 12.0 Å². The lowest BCUT2D eigenvalue weighted by Gasteiger charge is -2.30. The Morgan fingerprint density at radius 2 is 2.08 bits per heavy atom. The SMILES string of the molecule is C[C@H]1COC(=O)CCCn2cc(nn2)CO[C@@H](CN(C)C(=O)Nc2ccc3c(c2)OCO3)[C@@H](C)CN1. The van der Waals surface area contributed by atoms with Crippen molar-refractivity contribution in [2.24, 2.45) is 5.92 Å². The molecule has 0 saturated carbocycles. The maximum absolute atomic E-state index is 12.9. The number of likely N-dealkylation sites (N-methyl/N-ethyl adjacent to an activating group) is 1. The van der Waals surface area contributed by atoms with Gasteiger partial charge in [0.2, 0.25) is 6.79 Å². The standard InChI is InChI=1S/C24H34N6O6/c1-16-10-25-17(2)13-34-23(31)5-4-8-30-11-19(27-28-30)14-33-22(16)12-29(3)24(32)26-18-6-7-20-21(9-18)36-15-35-20/h6-7,9,11,16-17,22,25H,4-5,8,10,12-15H2,1-3H3,(H,26,32)/t16-,17-,22-/m0/s1. The zero-order chi connectivity index (χ0) is 25.5. The highest BCUT2D eigenvalue weighted by atomic mass is 16.7. The second-order valence-corrected chi connectivity index (χ2v) is 9.27. The minimum absolute atomic E-state index is 0.00960. The Hall–Kier alpha value is -3.38. The van der Waals surface area contributed by atoms with E-state index in [1.54, 1.807) is 34.8 Å². The van der Waals surface area contributed by atoms with Gasteiger partial charge in [0.25, 0.3) is 0 Å². The van der Waals surface area contributed by atoms with E-state index in [4.69, 9.17) is 18.9 Å². The Labute approximate surface area is 210 Å². The molecule has 2 aliphatic rings. The van der Waals surface area contributed by atoms with Crippen molar-refractivity contribution in [2.75, 3.05) is 38.9 Å². The van der Waals surface area contributed by atoms with Gasteiger partial charge in [0, 0.05) is 50.9 Å². The highest BCUT2D eigenvalue weighted by Crippen LogP contribution is 2.34. The number of carbonyl (C=O) groups is 2. The molecule has 0 fully saturated rings. The first-order valence-corrected chi connectivity index (χ1v) is 12.2. The molecule has 2 aliphatic heterocycles. The number of amides is 2. The molecule has 3 atom stereocenters. The molecule has 12 nitrogen and oxygen atoms in total. The molecule has 0 saturated heterocycles. The number of aromatic nitrogens is 3. The van der Waals surface area contributed by atoms with E-state index >= 15 is 0 Å². The van der Waals surface area contributed by atoms with Crippen molar-refractivity contribution in [2.45, 2.75) is 52.0 Å². The number of ether oxygens (including phenoxy) is 4. The lowest BCUT2D eigenvalue weighted by atomic mass is 10.0. The lowest BCUT2D eigenvalue weighted by Crippen LogP contribution is -2.44. The minimum atomic E-state index is -0.280. The van der Waals surface area contributed by atoms with E-state index in [0.29, 0.717) is 62.0 Å². The third-order valence-corrected chi connectivity index (χ3v) is 6.14. The van der Waals surface area contributed by atoms with Gasteiger partial charge in [-0.1, -0.05) is 12.1 Å². The van der Waals surface area contributed by atoms with Crippen molar-refractivity contribution >= 4 is 17.7 Å². The average molecular weight is 503 g/mol. The Balaban J connectivity index is 1.40. The van der Waals surface area contributed by atoms with Crippen molar-refractivity contribution in [1.82, 2.24) is 25.2 Å². The van der Waals surface area contributed by atoms with Crippen LogP contribution in [-0.4, -0.2) is 77.6 Å². The summed E-state index contributed by atoms with van der Waals surface area (Å²) in [4.78, 5) is 26.5. The van der Waals surface area contributed by atoms with Crippen molar-refractivity contribution in [3.05, 3.63) is 30.1 Å². The van der Waals surface area contributed by atoms with Crippen LogP contribution in [0.5, 0.6) is 11.5 Å². The van der Waals surface area contributed by atoms with E-state index < -0.39 is 0 Å². The Kier molecular flexibility index (Phi) is 8.60. The van der Waals surface area contributed by atoms with Gasteiger partial charge in [0.15, 0.2) is 11.5 Å². The molecule has 2 aromatic rings. The number of nitrogens with one attached hydrogen (secondary N) is 2. The highest BCUT2D eigenvalue weighted by molar-refractivity contribution is 5.89. The van der Waals surface area contributed by atoms with E-state index in [-0.39, 0.29) is 43.5 Å². The number of hydrogen-bond donors (Lipinski definition) is 2. The predicted octanol–water partition coefficient (Wildman–Crippen LogP) is 2.01. The highest BCUT2D eigenvalue weighted by Gasteiger charge is 2.24. The van der Waals surface area contributed by atoms with E-state index in [1.165, 1.54) is 0 Å². The van der Waals surface area contributed by atoms with Gasteiger partial charge in [-0.3, -0.25) is 9.48 Å². The first-order valence-electron chi connectivity index (χ1n) is 12.2. The van der Waals surface area contributed by atoms with Crippen LogP contribution in [-0.2, 0) is 27.4 Å². The summed E-state index contributed by atoms with van der Waals surface area (Å²) < 4.78 is 24.0. The molecule has 196 valence electrons. The molecule has 1 aromatic heterocycles. The van der Waals surface area contributed by atoms with Gasteiger partial charge in [0.05, 0.1) is 18.9 Å². The van der Waals surface area contributed by atoms with Crippen LogP contribution in [0.2, 0.25) is 0 Å². The quantitative estimate of drug-likeness (QED) is 0.606. The molecule has 12 heteroatoms. The number of fused-ring (bicyclic) bond motifs is 3. The molecule has 3 heterocycles. The van der Waals surface area contributed by atoms with E-state index in [2.05, 4.69) is 27.9 Å². The lowest BCUT2D eigenvalue weighted by molar-refractivity contribution is -0.144.